The second-order valence-corrected chi connectivity index (χ2v) is 9.46. The quantitative estimate of drug-likeness (QED) is 0.239. The van der Waals surface area contributed by atoms with E-state index < -0.39 is 5.97 Å². The van der Waals surface area contributed by atoms with Crippen LogP contribution < -0.4 is 34.7 Å². The molecule has 4 aromatic rings. The van der Waals surface area contributed by atoms with E-state index in [1.807, 2.05) is 30.3 Å². The summed E-state index contributed by atoms with van der Waals surface area (Å²) in [6.07, 6.45) is 0.162. The molecule has 0 N–H and O–H groups in total. The van der Waals surface area contributed by atoms with E-state index in [-0.39, 0.29) is 58.3 Å². The fourth-order valence-corrected chi connectivity index (χ4v) is 4.24. The first kappa shape index (κ1) is 26.0. The van der Waals surface area contributed by atoms with Crippen LogP contribution in [0.1, 0.15) is 47.8 Å². The van der Waals surface area contributed by atoms with E-state index in [4.69, 9.17) is 0 Å². The third-order valence-corrected chi connectivity index (χ3v) is 6.12. The number of fused-ring (bicyclic) bond motifs is 1. The zero-order valence-corrected chi connectivity index (χ0v) is 22.5. The Balaban J connectivity index is 0.00000324. The number of hydrogen-bond acceptors (Lipinski definition) is 6. The summed E-state index contributed by atoms with van der Waals surface area (Å²) in [6.45, 7) is 6.39. The minimum Gasteiger partial charge on any atom is -0.545 e. The molecule has 0 bridgehead atoms. The molecule has 0 aliphatic rings. The van der Waals surface area contributed by atoms with Gasteiger partial charge in [0.1, 0.15) is 11.0 Å². The van der Waals surface area contributed by atoms with Crippen molar-refractivity contribution in [2.45, 2.75) is 32.6 Å². The van der Waals surface area contributed by atoms with Crippen molar-refractivity contribution in [3.05, 3.63) is 101 Å². The van der Waals surface area contributed by atoms with Crippen LogP contribution in [0.5, 0.6) is 0 Å². The van der Waals surface area contributed by atoms with E-state index in [1.54, 1.807) is 42.5 Å². The van der Waals surface area contributed by atoms with Crippen LogP contribution in [0.15, 0.2) is 78.4 Å². The minimum absolute atomic E-state index is 0. The molecule has 0 saturated heterocycles. The molecule has 3 aromatic carbocycles. The Morgan fingerprint density at radius 2 is 1.50 bits per heavy atom. The average Bonchev–Trinajstić information content (AvgIpc) is 3.26. The van der Waals surface area contributed by atoms with Crippen LogP contribution in [0, 0.1) is 0 Å². The number of aromatic nitrogens is 2. The van der Waals surface area contributed by atoms with Gasteiger partial charge in [-0.2, -0.15) is 8.75 Å². The summed E-state index contributed by atoms with van der Waals surface area (Å²) in [5.41, 5.74) is 4.10. The molecule has 0 unspecified atom stereocenters. The molecule has 0 saturated carbocycles. The molecule has 0 aliphatic carbocycles. The normalized spacial score (nSPS) is 12.1. The van der Waals surface area contributed by atoms with Gasteiger partial charge in [-0.05, 0) is 34.2 Å². The Kier molecular flexibility index (Phi) is 8.21. The zero-order chi connectivity index (χ0) is 23.6. The topological polar surface area (TPSA) is 83.0 Å². The van der Waals surface area contributed by atoms with Gasteiger partial charge in [-0.1, -0.05) is 81.4 Å². The number of carbonyl (C=O) groups excluding carboxylic acids is 2. The standard InChI is InChI=1S/C27H24N2O3S.Na/c1-27(2,3)20-12-9-17(10-13-20)15-21(25(30)18-7-5-4-6-8-18)24(26(31)32)19-11-14-22-23(16-19)29-33-28-22;/h4-14,16H,15H2,1-3H3,(H,31,32);/q;+1/p-1. The van der Waals surface area contributed by atoms with E-state index in [0.29, 0.717) is 22.2 Å². The molecule has 0 aliphatic heterocycles. The first-order chi connectivity index (χ1) is 15.7. The van der Waals surface area contributed by atoms with Crippen LogP contribution in [0.2, 0.25) is 0 Å². The summed E-state index contributed by atoms with van der Waals surface area (Å²) in [5, 5.41) is 12.4. The molecule has 7 heteroatoms. The Morgan fingerprint density at radius 3 is 2.12 bits per heavy atom. The van der Waals surface area contributed by atoms with Crippen LogP contribution in [0.4, 0.5) is 0 Å². The Bertz CT molecular complexity index is 1350. The number of Topliss-reactive ketones (excluding diaryl/α,β-unsaturated/α-hetero) is 1. The van der Waals surface area contributed by atoms with Gasteiger partial charge in [-0.3, -0.25) is 4.79 Å². The molecule has 0 fully saturated rings. The molecule has 5 nitrogen and oxygen atoms in total. The molecular formula is C27H23N2NaO3S. The molecule has 34 heavy (non-hydrogen) atoms. The van der Waals surface area contributed by atoms with Gasteiger partial charge in [0.25, 0.3) is 0 Å². The predicted molar refractivity (Wildman–Crippen MR) is 129 cm³/mol. The third kappa shape index (κ3) is 5.70. The summed E-state index contributed by atoms with van der Waals surface area (Å²) in [5.74, 6) is -1.74. The minimum atomic E-state index is -1.40. The smallest absolute Gasteiger partial charge is 0.545 e. The number of allylic oxidation sites excluding steroid dienone is 1. The van der Waals surface area contributed by atoms with Crippen molar-refractivity contribution < 1.29 is 44.3 Å². The van der Waals surface area contributed by atoms with Gasteiger partial charge in [0.15, 0.2) is 5.78 Å². The molecule has 0 amide bonds. The van der Waals surface area contributed by atoms with Gasteiger partial charge in [0.2, 0.25) is 0 Å². The Labute approximate surface area is 225 Å². The largest absolute Gasteiger partial charge is 1.00 e. The van der Waals surface area contributed by atoms with E-state index in [2.05, 4.69) is 29.5 Å². The van der Waals surface area contributed by atoms with Crippen molar-refractivity contribution in [3.63, 3.8) is 0 Å². The van der Waals surface area contributed by atoms with Crippen molar-refractivity contribution in [1.29, 1.82) is 0 Å². The number of carbonyl (C=O) groups is 2. The van der Waals surface area contributed by atoms with E-state index in [9.17, 15) is 14.7 Å². The van der Waals surface area contributed by atoms with Crippen LogP contribution in [0.25, 0.3) is 16.6 Å². The van der Waals surface area contributed by atoms with Crippen molar-refractivity contribution in [1.82, 2.24) is 8.75 Å². The monoisotopic (exact) mass is 478 g/mol. The van der Waals surface area contributed by atoms with Crippen LogP contribution in [-0.2, 0) is 16.6 Å². The average molecular weight is 479 g/mol. The molecule has 0 atom stereocenters. The second-order valence-electron chi connectivity index (χ2n) is 8.93. The fraction of sp³-hybridized carbons (Fsp3) is 0.185. The number of rotatable bonds is 6. The summed E-state index contributed by atoms with van der Waals surface area (Å²) in [6, 6.07) is 21.6. The van der Waals surface area contributed by atoms with Crippen molar-refractivity contribution >= 4 is 40.1 Å². The van der Waals surface area contributed by atoms with Crippen molar-refractivity contribution in [3.8, 4) is 0 Å². The van der Waals surface area contributed by atoms with Gasteiger partial charge in [0, 0.05) is 23.1 Å². The van der Waals surface area contributed by atoms with Gasteiger partial charge >= 0.3 is 29.6 Å². The fourth-order valence-electron chi connectivity index (χ4n) is 3.73. The molecule has 0 spiro atoms. The third-order valence-electron chi connectivity index (χ3n) is 5.56. The summed E-state index contributed by atoms with van der Waals surface area (Å²) < 4.78 is 8.38. The van der Waals surface area contributed by atoms with E-state index in [1.165, 1.54) is 0 Å². The van der Waals surface area contributed by atoms with E-state index >= 15 is 0 Å². The molecule has 166 valence electrons. The van der Waals surface area contributed by atoms with Gasteiger partial charge in [-0.15, -0.1) is 0 Å². The number of benzene rings is 3. The number of carboxylic acid groups (broad SMARTS) is 1. The maximum absolute atomic E-state index is 13.5. The van der Waals surface area contributed by atoms with E-state index in [0.717, 1.165) is 22.9 Å². The van der Waals surface area contributed by atoms with Crippen LogP contribution in [-0.4, -0.2) is 20.5 Å². The summed E-state index contributed by atoms with van der Waals surface area (Å²) in [4.78, 5) is 25.9. The number of aliphatic carboxylic acids is 1. The first-order valence-electron chi connectivity index (χ1n) is 10.6. The predicted octanol–water partition coefficient (Wildman–Crippen LogP) is 1.62. The van der Waals surface area contributed by atoms with Gasteiger partial charge in [-0.25, -0.2) is 0 Å². The number of ketones is 1. The maximum atomic E-state index is 13.5. The molecule has 0 radical (unpaired) electrons. The van der Waals surface area contributed by atoms with Crippen molar-refractivity contribution in [2.24, 2.45) is 0 Å². The summed E-state index contributed by atoms with van der Waals surface area (Å²) >= 11 is 1.05. The molecular weight excluding hydrogens is 455 g/mol. The Hall–Kier alpha value is -2.64. The molecule has 1 aromatic heterocycles. The SMILES string of the molecule is CC(C)(C)c1ccc(CC(C(=O)c2ccccc2)=C(C(=O)[O-])c2ccc3nsnc3c2)cc1.[Na+]. The Morgan fingerprint density at radius 1 is 0.853 bits per heavy atom. The summed E-state index contributed by atoms with van der Waals surface area (Å²) in [7, 11) is 0. The van der Waals surface area contributed by atoms with Gasteiger partial charge in [0.05, 0.1) is 17.7 Å². The maximum Gasteiger partial charge on any atom is 1.00 e. The number of nitrogens with zero attached hydrogens (tertiary/aromatic N) is 2. The molecule has 1 heterocycles. The van der Waals surface area contributed by atoms with Crippen LogP contribution in [0.3, 0.4) is 0 Å². The van der Waals surface area contributed by atoms with Crippen molar-refractivity contribution in [2.75, 3.05) is 0 Å². The molecule has 4 rings (SSSR count). The second kappa shape index (κ2) is 10.7. The zero-order valence-electron chi connectivity index (χ0n) is 19.7. The number of carboxylic acids is 1. The number of hydrogen-bond donors (Lipinski definition) is 0. The first-order valence-corrected chi connectivity index (χ1v) is 11.3. The van der Waals surface area contributed by atoms with Gasteiger partial charge < -0.3 is 9.90 Å². The van der Waals surface area contributed by atoms with Crippen LogP contribution >= 0.6 is 11.7 Å².